The number of H-pyrrole nitrogens is 1. The normalized spacial score (nSPS) is 12.4. The van der Waals surface area contributed by atoms with Gasteiger partial charge in [0.15, 0.2) is 0 Å². The number of nitrogens with one attached hydrogen (secondary N) is 1. The number of fused-ring (bicyclic) bond motifs is 3. The number of aromatic amines is 1. The Labute approximate surface area is 153 Å². The smallest absolute Gasteiger partial charge is 0.390 e. The Balaban J connectivity index is 2.20. The Bertz CT molecular complexity index is 1170. The lowest BCUT2D eigenvalue weighted by atomic mass is 9.92. The number of nitrogens with zero attached hydrogens (tertiary/aromatic N) is 2. The van der Waals surface area contributed by atoms with Crippen molar-refractivity contribution in [2.75, 3.05) is 0 Å². The lowest BCUT2D eigenvalue weighted by Crippen LogP contribution is -2.10. The van der Waals surface area contributed by atoms with Crippen LogP contribution in [0.3, 0.4) is 0 Å². The van der Waals surface area contributed by atoms with Gasteiger partial charge in [0.25, 0.3) is 0 Å². The number of rotatable bonds is 2. The minimum atomic E-state index is -4.60. The molecular weight excluding hydrogens is 355 g/mol. The van der Waals surface area contributed by atoms with E-state index in [9.17, 15) is 18.3 Å². The van der Waals surface area contributed by atoms with Crippen molar-refractivity contribution in [2.45, 2.75) is 33.6 Å². The molecule has 2 aromatic carbocycles. The largest absolute Gasteiger partial charge is 0.433 e. The molecule has 0 aliphatic carbocycles. The minimum absolute atomic E-state index is 0.0756. The molecule has 0 bridgehead atoms. The molecule has 0 spiro atoms. The average molecular weight is 373 g/mol. The highest BCUT2D eigenvalue weighted by atomic mass is 19.4. The maximum atomic E-state index is 13.4. The molecule has 0 unspecified atom stereocenters. The van der Waals surface area contributed by atoms with Gasteiger partial charge in [0.05, 0.1) is 23.3 Å². The van der Waals surface area contributed by atoms with Gasteiger partial charge in [-0.1, -0.05) is 30.3 Å². The summed E-state index contributed by atoms with van der Waals surface area (Å²) in [4.78, 5) is 6.85. The van der Waals surface area contributed by atoms with E-state index >= 15 is 0 Å². The number of benzene rings is 2. The number of alkyl halides is 3. The Hall–Kier alpha value is -2.80. The van der Waals surface area contributed by atoms with Gasteiger partial charge in [0, 0.05) is 5.56 Å². The van der Waals surface area contributed by atoms with Crippen molar-refractivity contribution < 1.29 is 18.3 Å². The van der Waals surface area contributed by atoms with Crippen molar-refractivity contribution in [3.8, 4) is 11.1 Å². The van der Waals surface area contributed by atoms with Crippen molar-refractivity contribution in [1.82, 2.24) is 14.4 Å². The summed E-state index contributed by atoms with van der Waals surface area (Å²) in [7, 11) is 0. The third kappa shape index (κ3) is 2.45. The van der Waals surface area contributed by atoms with Crippen LogP contribution in [-0.4, -0.2) is 19.5 Å². The average Bonchev–Trinajstić information content (AvgIpc) is 3.16. The molecule has 2 N–H and O–H groups in total. The maximum Gasteiger partial charge on any atom is 0.433 e. The van der Waals surface area contributed by atoms with Crippen LogP contribution in [0.1, 0.15) is 28.1 Å². The van der Waals surface area contributed by atoms with Crippen LogP contribution in [0.25, 0.3) is 27.9 Å². The van der Waals surface area contributed by atoms with Gasteiger partial charge in [-0.25, -0.2) is 4.98 Å². The molecule has 0 atom stereocenters. The zero-order chi connectivity index (χ0) is 19.5. The number of aliphatic hydroxyl groups excluding tert-OH is 1. The van der Waals surface area contributed by atoms with Crippen LogP contribution in [-0.2, 0) is 12.8 Å². The predicted molar refractivity (Wildman–Crippen MR) is 97.6 cm³/mol. The fraction of sp³-hybridized carbons (Fsp3) is 0.250. The predicted octanol–water partition coefficient (Wildman–Crippen LogP) is 4.92. The zero-order valence-electron chi connectivity index (χ0n) is 15.1. The molecule has 0 radical (unpaired) electrons. The lowest BCUT2D eigenvalue weighted by Gasteiger charge is -2.15. The summed E-state index contributed by atoms with van der Waals surface area (Å²) in [6.07, 6.45) is -4.60. The van der Waals surface area contributed by atoms with E-state index in [1.165, 1.54) is 4.40 Å². The van der Waals surface area contributed by atoms with E-state index in [2.05, 4.69) is 9.97 Å². The van der Waals surface area contributed by atoms with E-state index in [0.717, 1.165) is 27.8 Å². The topological polar surface area (TPSA) is 53.3 Å². The van der Waals surface area contributed by atoms with Gasteiger partial charge >= 0.3 is 6.18 Å². The highest BCUT2D eigenvalue weighted by molar-refractivity contribution is 5.99. The van der Waals surface area contributed by atoms with E-state index in [1.54, 1.807) is 0 Å². The van der Waals surface area contributed by atoms with Crippen LogP contribution in [0.4, 0.5) is 13.2 Å². The van der Waals surface area contributed by atoms with Crippen molar-refractivity contribution >= 4 is 16.8 Å². The number of hydrogen-bond donors (Lipinski definition) is 2. The second-order valence-electron chi connectivity index (χ2n) is 6.69. The van der Waals surface area contributed by atoms with Gasteiger partial charge in [-0.2, -0.15) is 13.2 Å². The summed E-state index contributed by atoms with van der Waals surface area (Å²) >= 11 is 0. The number of aliphatic hydroxyl groups is 1. The quantitative estimate of drug-likeness (QED) is 0.524. The van der Waals surface area contributed by atoms with E-state index < -0.39 is 18.5 Å². The molecule has 4 nitrogen and oxygen atoms in total. The van der Waals surface area contributed by atoms with Crippen LogP contribution in [0, 0.1) is 20.8 Å². The van der Waals surface area contributed by atoms with Crippen molar-refractivity contribution in [3.05, 3.63) is 58.4 Å². The van der Waals surface area contributed by atoms with Gasteiger partial charge in [-0.15, -0.1) is 0 Å². The Morgan fingerprint density at radius 1 is 1.04 bits per heavy atom. The molecule has 0 fully saturated rings. The Morgan fingerprint density at radius 3 is 2.30 bits per heavy atom. The molecule has 140 valence electrons. The van der Waals surface area contributed by atoms with Crippen LogP contribution in [0.2, 0.25) is 0 Å². The van der Waals surface area contributed by atoms with Crippen molar-refractivity contribution in [2.24, 2.45) is 0 Å². The second-order valence-corrected chi connectivity index (χ2v) is 6.69. The second kappa shape index (κ2) is 5.85. The maximum absolute atomic E-state index is 13.4. The molecule has 0 saturated heterocycles. The van der Waals surface area contributed by atoms with E-state index in [-0.39, 0.29) is 11.5 Å². The highest BCUT2D eigenvalue weighted by Gasteiger charge is 2.38. The summed E-state index contributed by atoms with van der Waals surface area (Å²) < 4.78 is 41.5. The van der Waals surface area contributed by atoms with Gasteiger partial charge in [-0.3, -0.25) is 4.40 Å². The zero-order valence-corrected chi connectivity index (χ0v) is 15.1. The number of halogens is 3. The lowest BCUT2D eigenvalue weighted by molar-refractivity contribution is -0.142. The fourth-order valence-electron chi connectivity index (χ4n) is 3.75. The summed E-state index contributed by atoms with van der Waals surface area (Å²) in [6, 6.07) is 9.65. The molecule has 7 heteroatoms. The number of aryl methyl sites for hydroxylation is 1. The van der Waals surface area contributed by atoms with Crippen molar-refractivity contribution in [3.63, 3.8) is 0 Å². The molecule has 0 saturated carbocycles. The van der Waals surface area contributed by atoms with Gasteiger partial charge < -0.3 is 10.1 Å². The van der Waals surface area contributed by atoms with Crippen LogP contribution < -0.4 is 0 Å². The number of imidazole rings is 2. The first-order valence-electron chi connectivity index (χ1n) is 8.52. The first kappa shape index (κ1) is 17.6. The minimum Gasteiger partial charge on any atom is -0.390 e. The molecule has 27 heavy (non-hydrogen) atoms. The summed E-state index contributed by atoms with van der Waals surface area (Å²) in [6.45, 7) is 5.07. The molecular formula is C20H18F3N3O. The SMILES string of the molecule is Cc1c(C)c(C)c2c(nc3[nH]c(C(F)(F)F)c(CO)n32)c1-c1ccccc1. The van der Waals surface area contributed by atoms with E-state index in [4.69, 9.17) is 0 Å². The summed E-state index contributed by atoms with van der Waals surface area (Å²) in [5.74, 6) is 0.0756. The van der Waals surface area contributed by atoms with Crippen LogP contribution >= 0.6 is 0 Å². The third-order valence-electron chi connectivity index (χ3n) is 5.26. The van der Waals surface area contributed by atoms with Crippen LogP contribution in [0.5, 0.6) is 0 Å². The Morgan fingerprint density at radius 2 is 1.70 bits per heavy atom. The molecule has 2 aromatic heterocycles. The number of aromatic nitrogens is 3. The fourth-order valence-corrected chi connectivity index (χ4v) is 3.75. The summed E-state index contributed by atoms with van der Waals surface area (Å²) in [5.41, 5.74) is 4.72. The van der Waals surface area contributed by atoms with Crippen molar-refractivity contribution in [1.29, 1.82) is 0 Å². The van der Waals surface area contributed by atoms with Gasteiger partial charge in [0.1, 0.15) is 5.69 Å². The first-order chi connectivity index (χ1) is 12.8. The summed E-state index contributed by atoms with van der Waals surface area (Å²) in [5, 5.41) is 9.68. The van der Waals surface area contributed by atoms with Gasteiger partial charge in [0.2, 0.25) is 5.78 Å². The third-order valence-corrected chi connectivity index (χ3v) is 5.26. The standard InChI is InChI=1S/C20H18F3N3O/c1-10-11(2)15(13-7-5-4-6-8-13)16-17(12(10)3)26-14(9-27)18(20(21,22)23)25-19(26)24-16/h4-8,27H,9H2,1-3H3,(H,24,25). The molecule has 4 aromatic rings. The van der Waals surface area contributed by atoms with Crippen LogP contribution in [0.15, 0.2) is 30.3 Å². The molecule has 0 aliphatic heterocycles. The van der Waals surface area contributed by atoms with E-state index in [0.29, 0.717) is 11.0 Å². The number of hydrogen-bond acceptors (Lipinski definition) is 2. The Kier molecular flexibility index (Phi) is 3.82. The molecule has 0 amide bonds. The molecule has 4 rings (SSSR count). The first-order valence-corrected chi connectivity index (χ1v) is 8.52. The monoisotopic (exact) mass is 373 g/mol. The van der Waals surface area contributed by atoms with Gasteiger partial charge in [-0.05, 0) is 43.0 Å². The molecule has 2 heterocycles. The molecule has 0 aliphatic rings. The highest BCUT2D eigenvalue weighted by Crippen LogP contribution is 2.39. The van der Waals surface area contributed by atoms with E-state index in [1.807, 2.05) is 51.1 Å².